The molecule has 1 aromatic heterocycles. The van der Waals surface area contributed by atoms with E-state index in [4.69, 9.17) is 33.4 Å². The van der Waals surface area contributed by atoms with Gasteiger partial charge in [0.25, 0.3) is 0 Å². The lowest BCUT2D eigenvalue weighted by Crippen LogP contribution is -2.11. The van der Waals surface area contributed by atoms with Crippen LogP contribution in [0, 0.1) is 6.92 Å². The molecule has 1 atom stereocenters. The normalized spacial score (nSPS) is 12.8. The average Bonchev–Trinajstić information content (AvgIpc) is 2.67. The molecule has 84 valence electrons. The van der Waals surface area contributed by atoms with E-state index >= 15 is 0 Å². The highest BCUT2D eigenvalue weighted by Gasteiger charge is 2.15. The Morgan fingerprint density at radius 2 is 2.00 bits per heavy atom. The zero-order valence-electron chi connectivity index (χ0n) is 8.71. The largest absolute Gasteiger partial charge is 0.453 e. The Morgan fingerprint density at radius 1 is 1.25 bits per heavy atom. The van der Waals surface area contributed by atoms with E-state index in [0.717, 1.165) is 16.7 Å². The fourth-order valence-electron chi connectivity index (χ4n) is 1.51. The molecule has 2 nitrogen and oxygen atoms in total. The number of rotatable bonds is 2. The Kier molecular flexibility index (Phi) is 3.24. The van der Waals surface area contributed by atoms with E-state index in [-0.39, 0.29) is 6.04 Å². The predicted molar refractivity (Wildman–Crippen MR) is 65.9 cm³/mol. The second kappa shape index (κ2) is 4.50. The second-order valence-corrected chi connectivity index (χ2v) is 4.39. The molecule has 2 N–H and O–H groups in total. The van der Waals surface area contributed by atoms with Gasteiger partial charge >= 0.3 is 0 Å². The maximum absolute atomic E-state index is 6.08. The first-order chi connectivity index (χ1) is 7.59. The van der Waals surface area contributed by atoms with Crippen LogP contribution in [0.3, 0.4) is 0 Å². The molecule has 1 aromatic carbocycles. The average molecular weight is 256 g/mol. The Bertz CT molecular complexity index is 507. The van der Waals surface area contributed by atoms with Gasteiger partial charge in [0.15, 0.2) is 5.22 Å². The molecule has 1 heterocycles. The van der Waals surface area contributed by atoms with Crippen molar-refractivity contribution >= 4 is 23.2 Å². The van der Waals surface area contributed by atoms with Gasteiger partial charge in [-0.05, 0) is 41.8 Å². The molecule has 2 aromatic rings. The first-order valence-electron chi connectivity index (χ1n) is 4.84. The lowest BCUT2D eigenvalue weighted by molar-refractivity contribution is 0.564. The van der Waals surface area contributed by atoms with Crippen LogP contribution in [0.2, 0.25) is 10.2 Å². The molecule has 0 amide bonds. The molecule has 0 spiro atoms. The quantitative estimate of drug-likeness (QED) is 0.883. The van der Waals surface area contributed by atoms with E-state index in [1.165, 1.54) is 6.26 Å². The van der Waals surface area contributed by atoms with Crippen LogP contribution in [0.1, 0.15) is 22.7 Å². The van der Waals surface area contributed by atoms with Gasteiger partial charge in [0.2, 0.25) is 0 Å². The molecule has 0 aliphatic carbocycles. The molecule has 0 aliphatic heterocycles. The molecule has 0 radical (unpaired) electrons. The second-order valence-electron chi connectivity index (χ2n) is 3.64. The molecule has 0 saturated carbocycles. The van der Waals surface area contributed by atoms with E-state index in [9.17, 15) is 0 Å². The van der Waals surface area contributed by atoms with Crippen molar-refractivity contribution in [1.29, 1.82) is 0 Å². The molecular weight excluding hydrogens is 245 g/mol. The van der Waals surface area contributed by atoms with Crippen molar-refractivity contribution in [3.8, 4) is 0 Å². The summed E-state index contributed by atoms with van der Waals surface area (Å²) in [6, 6.07) is 7.18. The maximum Gasteiger partial charge on any atom is 0.198 e. The molecule has 0 saturated heterocycles. The number of hydrogen-bond acceptors (Lipinski definition) is 2. The standard InChI is InChI=1S/C12H11Cl2NO/c1-7-2-3-8(6-10(7)13)11(15)9-4-5-16-12(9)14/h2-6,11H,15H2,1H3. The van der Waals surface area contributed by atoms with Gasteiger partial charge in [-0.1, -0.05) is 23.7 Å². The lowest BCUT2D eigenvalue weighted by Gasteiger charge is -2.11. The van der Waals surface area contributed by atoms with Crippen LogP contribution in [0.4, 0.5) is 0 Å². The first kappa shape index (κ1) is 11.5. The van der Waals surface area contributed by atoms with Crippen LogP contribution >= 0.6 is 23.2 Å². The number of furan rings is 1. The van der Waals surface area contributed by atoms with E-state index in [1.807, 2.05) is 25.1 Å². The van der Waals surface area contributed by atoms with Crippen LogP contribution in [0.5, 0.6) is 0 Å². The highest BCUT2D eigenvalue weighted by Crippen LogP contribution is 2.29. The summed E-state index contributed by atoms with van der Waals surface area (Å²) in [6.07, 6.45) is 1.52. The number of halogens is 2. The van der Waals surface area contributed by atoms with Gasteiger partial charge in [0, 0.05) is 10.6 Å². The van der Waals surface area contributed by atoms with Crippen LogP contribution in [-0.2, 0) is 0 Å². The molecule has 4 heteroatoms. The van der Waals surface area contributed by atoms with Crippen molar-refractivity contribution < 1.29 is 4.42 Å². The van der Waals surface area contributed by atoms with Crippen molar-refractivity contribution in [2.45, 2.75) is 13.0 Å². The monoisotopic (exact) mass is 255 g/mol. The van der Waals surface area contributed by atoms with Gasteiger partial charge < -0.3 is 10.2 Å². The Labute approximate surface area is 104 Å². The van der Waals surface area contributed by atoms with Crippen LogP contribution in [0.25, 0.3) is 0 Å². The van der Waals surface area contributed by atoms with Gasteiger partial charge in [-0.2, -0.15) is 0 Å². The van der Waals surface area contributed by atoms with Gasteiger partial charge in [-0.25, -0.2) is 0 Å². The summed E-state index contributed by atoms with van der Waals surface area (Å²) < 4.78 is 5.01. The number of aryl methyl sites for hydroxylation is 1. The molecule has 2 rings (SSSR count). The maximum atomic E-state index is 6.08. The zero-order chi connectivity index (χ0) is 11.7. The third-order valence-corrected chi connectivity index (χ3v) is 3.25. The van der Waals surface area contributed by atoms with Gasteiger partial charge in [0.05, 0.1) is 12.3 Å². The fraction of sp³-hybridized carbons (Fsp3) is 0.167. The van der Waals surface area contributed by atoms with Crippen molar-refractivity contribution in [2.24, 2.45) is 5.73 Å². The van der Waals surface area contributed by atoms with Crippen molar-refractivity contribution in [3.63, 3.8) is 0 Å². The van der Waals surface area contributed by atoms with Crippen LogP contribution in [-0.4, -0.2) is 0 Å². The van der Waals surface area contributed by atoms with Crippen LogP contribution in [0.15, 0.2) is 34.9 Å². The third kappa shape index (κ3) is 2.09. The topological polar surface area (TPSA) is 39.2 Å². The molecule has 1 unspecified atom stereocenters. The Hall–Kier alpha value is -0.960. The first-order valence-corrected chi connectivity index (χ1v) is 5.59. The molecular formula is C12H11Cl2NO. The van der Waals surface area contributed by atoms with Gasteiger partial charge in [-0.15, -0.1) is 0 Å². The number of nitrogens with two attached hydrogens (primary N) is 1. The summed E-state index contributed by atoms with van der Waals surface area (Å²) >= 11 is 11.9. The van der Waals surface area contributed by atoms with Gasteiger partial charge in [0.1, 0.15) is 0 Å². The lowest BCUT2D eigenvalue weighted by atomic mass is 10.0. The third-order valence-electron chi connectivity index (χ3n) is 2.54. The van der Waals surface area contributed by atoms with E-state index in [0.29, 0.717) is 10.2 Å². The fourth-order valence-corrected chi connectivity index (χ4v) is 1.93. The molecule has 16 heavy (non-hydrogen) atoms. The minimum atomic E-state index is -0.315. The minimum Gasteiger partial charge on any atom is -0.453 e. The summed E-state index contributed by atoms with van der Waals surface area (Å²) in [4.78, 5) is 0. The number of benzene rings is 1. The summed E-state index contributed by atoms with van der Waals surface area (Å²) in [5.41, 5.74) is 8.78. The highest BCUT2D eigenvalue weighted by atomic mass is 35.5. The summed E-state index contributed by atoms with van der Waals surface area (Å²) in [6.45, 7) is 1.95. The molecule has 0 bridgehead atoms. The SMILES string of the molecule is Cc1ccc(C(N)c2ccoc2Cl)cc1Cl. The van der Waals surface area contributed by atoms with Crippen molar-refractivity contribution in [3.05, 3.63) is 57.5 Å². The minimum absolute atomic E-state index is 0.315. The smallest absolute Gasteiger partial charge is 0.198 e. The Balaban J connectivity index is 2.38. The van der Waals surface area contributed by atoms with Crippen molar-refractivity contribution in [2.75, 3.05) is 0 Å². The van der Waals surface area contributed by atoms with Crippen LogP contribution < -0.4 is 5.73 Å². The summed E-state index contributed by atoms with van der Waals surface area (Å²) in [5.74, 6) is 0. The molecule has 0 aliphatic rings. The molecule has 0 fully saturated rings. The van der Waals surface area contributed by atoms with Gasteiger partial charge in [-0.3, -0.25) is 0 Å². The van der Waals surface area contributed by atoms with E-state index < -0.39 is 0 Å². The van der Waals surface area contributed by atoms with Crippen molar-refractivity contribution in [1.82, 2.24) is 0 Å². The van der Waals surface area contributed by atoms with E-state index in [1.54, 1.807) is 6.07 Å². The highest BCUT2D eigenvalue weighted by molar-refractivity contribution is 6.31. The Morgan fingerprint density at radius 3 is 2.56 bits per heavy atom. The summed E-state index contributed by atoms with van der Waals surface area (Å²) in [7, 11) is 0. The zero-order valence-corrected chi connectivity index (χ0v) is 10.2. The number of hydrogen-bond donors (Lipinski definition) is 1. The van der Waals surface area contributed by atoms with E-state index in [2.05, 4.69) is 0 Å². The summed E-state index contributed by atoms with van der Waals surface area (Å²) in [5, 5.41) is 1.02. The predicted octanol–water partition coefficient (Wildman–Crippen LogP) is 3.94.